The number of nitrogens with one attached hydrogen (secondary N) is 1. The molecule has 0 unspecified atom stereocenters. The lowest BCUT2D eigenvalue weighted by atomic mass is 9.92. The number of aromatic nitrogens is 2. The highest BCUT2D eigenvalue weighted by molar-refractivity contribution is 8.04. The number of thioether (sulfide) groups is 1. The number of aryl methyl sites for hydroxylation is 1. The van der Waals surface area contributed by atoms with Crippen LogP contribution in [0.1, 0.15) is 31.2 Å². The molecule has 1 saturated carbocycles. The van der Waals surface area contributed by atoms with Crippen molar-refractivity contribution in [1.82, 2.24) is 9.97 Å². The number of nitrogens with two attached hydrogens (primary N) is 1. The van der Waals surface area contributed by atoms with E-state index >= 15 is 0 Å². The number of aliphatic imine (C=N–C) groups is 1. The Labute approximate surface area is 157 Å². The first kappa shape index (κ1) is 17.4. The number of aromatic amines is 1. The minimum absolute atomic E-state index is 0.0719. The third-order valence-electron chi connectivity index (χ3n) is 5.12. The molecule has 0 aromatic carbocycles. The maximum Gasteiger partial charge on any atom is 0.139 e. The van der Waals surface area contributed by atoms with Crippen LogP contribution in [0.3, 0.4) is 0 Å². The highest BCUT2D eigenvalue weighted by atomic mass is 32.2. The van der Waals surface area contributed by atoms with E-state index < -0.39 is 0 Å². The fourth-order valence-corrected chi connectivity index (χ4v) is 4.68. The minimum atomic E-state index is -0.102. The number of hydrogen-bond acceptors (Lipinski definition) is 6. The van der Waals surface area contributed by atoms with Gasteiger partial charge in [0.15, 0.2) is 0 Å². The number of H-pyrrole nitrogens is 1. The van der Waals surface area contributed by atoms with Crippen LogP contribution < -0.4 is 15.7 Å². The molecule has 1 fully saturated rings. The van der Waals surface area contributed by atoms with Gasteiger partial charge in [-0.3, -0.25) is 4.99 Å². The van der Waals surface area contributed by atoms with Crippen LogP contribution in [-0.2, 0) is 0 Å². The number of rotatable bonds is 3. The van der Waals surface area contributed by atoms with Gasteiger partial charge >= 0.3 is 0 Å². The lowest BCUT2D eigenvalue weighted by Gasteiger charge is -2.30. The first-order valence-electron chi connectivity index (χ1n) is 9.16. The van der Waals surface area contributed by atoms with Gasteiger partial charge in [-0.05, 0) is 50.1 Å². The Balaban J connectivity index is 1.62. The molecule has 1 aliphatic carbocycles. The lowest BCUT2D eigenvalue weighted by molar-refractivity contribution is -0.213. The quantitative estimate of drug-likeness (QED) is 0.639. The van der Waals surface area contributed by atoms with E-state index in [-0.39, 0.29) is 18.0 Å². The van der Waals surface area contributed by atoms with E-state index in [1.165, 1.54) is 0 Å². The van der Waals surface area contributed by atoms with Crippen LogP contribution in [0.15, 0.2) is 34.6 Å². The smallest absolute Gasteiger partial charge is 0.139 e. The van der Waals surface area contributed by atoms with Crippen LogP contribution in [0.5, 0.6) is 0 Å². The summed E-state index contributed by atoms with van der Waals surface area (Å²) >= 11 is 1.59. The predicted molar refractivity (Wildman–Crippen MR) is 106 cm³/mol. The molecule has 3 N–H and O–H groups in total. The number of anilines is 1. The minimum Gasteiger partial charge on any atom is -0.858 e. The van der Waals surface area contributed by atoms with E-state index in [1.54, 1.807) is 18.0 Å². The van der Waals surface area contributed by atoms with Gasteiger partial charge in [-0.2, -0.15) is 0 Å². The summed E-state index contributed by atoms with van der Waals surface area (Å²) in [6.45, 7) is 2.93. The molecule has 26 heavy (non-hydrogen) atoms. The van der Waals surface area contributed by atoms with Crippen molar-refractivity contribution in [2.24, 2.45) is 10.7 Å². The van der Waals surface area contributed by atoms with Crippen molar-refractivity contribution in [3.63, 3.8) is 0 Å². The summed E-state index contributed by atoms with van der Waals surface area (Å²) in [6, 6.07) is 2.26. The van der Waals surface area contributed by atoms with Gasteiger partial charge < -0.3 is 20.7 Å². The zero-order valence-electron chi connectivity index (χ0n) is 14.9. The van der Waals surface area contributed by atoms with Gasteiger partial charge in [0.2, 0.25) is 0 Å². The summed E-state index contributed by atoms with van der Waals surface area (Å²) in [5.41, 5.74) is 9.14. The maximum absolute atomic E-state index is 12.7. The lowest BCUT2D eigenvalue weighted by Crippen LogP contribution is -2.33. The van der Waals surface area contributed by atoms with E-state index in [9.17, 15) is 5.11 Å². The molecule has 2 atom stereocenters. The normalized spacial score (nSPS) is 24.8. The molecule has 3 heterocycles. The highest BCUT2D eigenvalue weighted by Gasteiger charge is 2.20. The summed E-state index contributed by atoms with van der Waals surface area (Å²) in [5.74, 6) is 0.764. The summed E-state index contributed by atoms with van der Waals surface area (Å²) in [7, 11) is 0. The first-order valence-corrected chi connectivity index (χ1v) is 10.1. The van der Waals surface area contributed by atoms with Crippen molar-refractivity contribution in [2.75, 3.05) is 17.2 Å². The fraction of sp³-hybridized carbons (Fsp3) is 0.474. The SMILES string of the molecule is Cc1c[nH]c2nccc(N3C=C(C([O-])=N[C@@H]4CCC[C@@H](N)C4)SCC3)c12. The Morgan fingerprint density at radius 2 is 2.35 bits per heavy atom. The van der Waals surface area contributed by atoms with Crippen LogP contribution in [0.25, 0.3) is 11.0 Å². The molecule has 2 aromatic heterocycles. The average molecular weight is 371 g/mol. The van der Waals surface area contributed by atoms with E-state index in [2.05, 4.69) is 26.8 Å². The van der Waals surface area contributed by atoms with Gasteiger partial charge in [-0.15, -0.1) is 11.8 Å². The molecular formula is C19H24N5OS-. The molecular weight excluding hydrogens is 346 g/mol. The molecule has 0 saturated heterocycles. The summed E-state index contributed by atoms with van der Waals surface area (Å²) < 4.78 is 0. The number of hydrogen-bond donors (Lipinski definition) is 2. The van der Waals surface area contributed by atoms with Crippen LogP contribution >= 0.6 is 11.8 Å². The second-order valence-electron chi connectivity index (χ2n) is 7.08. The van der Waals surface area contributed by atoms with Gasteiger partial charge in [0.05, 0.1) is 11.7 Å². The Morgan fingerprint density at radius 1 is 1.46 bits per heavy atom. The van der Waals surface area contributed by atoms with Gasteiger partial charge in [-0.1, -0.05) is 0 Å². The third-order valence-corrected chi connectivity index (χ3v) is 6.10. The maximum atomic E-state index is 12.7. The van der Waals surface area contributed by atoms with Gasteiger partial charge in [0.1, 0.15) is 5.65 Å². The molecule has 2 aromatic rings. The van der Waals surface area contributed by atoms with Crippen LogP contribution in [-0.4, -0.2) is 40.2 Å². The number of fused-ring (bicyclic) bond motifs is 1. The molecule has 4 rings (SSSR count). The van der Waals surface area contributed by atoms with Crippen molar-refractivity contribution in [3.8, 4) is 0 Å². The van der Waals surface area contributed by atoms with E-state index in [0.717, 1.165) is 60.3 Å². The van der Waals surface area contributed by atoms with Crippen molar-refractivity contribution < 1.29 is 5.11 Å². The second-order valence-corrected chi connectivity index (χ2v) is 8.21. The van der Waals surface area contributed by atoms with Crippen LogP contribution in [0, 0.1) is 6.92 Å². The number of pyridine rings is 1. The molecule has 138 valence electrons. The standard InChI is InChI=1S/C19H25N5OS/c1-12-10-22-18-17(12)15(5-6-21-18)24-7-8-26-16(11-24)19(25)23-14-4-2-3-13(20)9-14/h5-6,10-11,13-14H,2-4,7-9,20H2,1H3,(H,21,22)(H,23,25)/p-1/t13-,14-/m1/s1. The molecule has 2 aliphatic rings. The monoisotopic (exact) mass is 370 g/mol. The Hall–Kier alpha value is -1.99. The predicted octanol–water partition coefficient (Wildman–Crippen LogP) is 2.29. The van der Waals surface area contributed by atoms with Gasteiger partial charge in [0.25, 0.3) is 0 Å². The zero-order chi connectivity index (χ0) is 18.1. The Kier molecular flexibility index (Phi) is 4.91. The van der Waals surface area contributed by atoms with Crippen molar-refractivity contribution in [1.29, 1.82) is 0 Å². The average Bonchev–Trinajstić information content (AvgIpc) is 3.03. The zero-order valence-corrected chi connectivity index (χ0v) is 15.8. The second kappa shape index (κ2) is 7.32. The van der Waals surface area contributed by atoms with Gasteiger partial charge in [0, 0.05) is 47.2 Å². The van der Waals surface area contributed by atoms with Gasteiger partial charge in [-0.25, -0.2) is 4.98 Å². The molecule has 0 radical (unpaired) electrons. The molecule has 0 bridgehead atoms. The number of nitrogens with zero attached hydrogens (tertiary/aromatic N) is 3. The Morgan fingerprint density at radius 3 is 3.19 bits per heavy atom. The van der Waals surface area contributed by atoms with Crippen LogP contribution in [0.2, 0.25) is 0 Å². The first-order chi connectivity index (χ1) is 12.6. The molecule has 6 nitrogen and oxygen atoms in total. The van der Waals surface area contributed by atoms with E-state index in [1.807, 2.05) is 18.5 Å². The van der Waals surface area contributed by atoms with Crippen molar-refractivity contribution in [2.45, 2.75) is 44.7 Å². The molecule has 0 spiro atoms. The summed E-state index contributed by atoms with van der Waals surface area (Å²) in [6.07, 6.45) is 9.61. The summed E-state index contributed by atoms with van der Waals surface area (Å²) in [5, 5.41) is 13.8. The van der Waals surface area contributed by atoms with Crippen molar-refractivity contribution >= 4 is 34.4 Å². The largest absolute Gasteiger partial charge is 0.858 e. The summed E-state index contributed by atoms with van der Waals surface area (Å²) in [4.78, 5) is 14.9. The van der Waals surface area contributed by atoms with Crippen molar-refractivity contribution in [3.05, 3.63) is 35.1 Å². The van der Waals surface area contributed by atoms with Crippen LogP contribution in [0.4, 0.5) is 5.69 Å². The fourth-order valence-electron chi connectivity index (χ4n) is 3.79. The topological polar surface area (TPSA) is 93.4 Å². The third kappa shape index (κ3) is 3.46. The molecule has 1 aliphatic heterocycles. The Bertz CT molecular complexity index is 859. The van der Waals surface area contributed by atoms with E-state index in [0.29, 0.717) is 4.91 Å². The molecule has 7 heteroatoms. The highest BCUT2D eigenvalue weighted by Crippen LogP contribution is 2.32. The molecule has 0 amide bonds. The van der Waals surface area contributed by atoms with E-state index in [4.69, 9.17) is 5.73 Å².